The van der Waals surface area contributed by atoms with Crippen LogP contribution in [0.25, 0.3) is 21.9 Å². The van der Waals surface area contributed by atoms with Crippen molar-refractivity contribution in [1.29, 1.82) is 0 Å². The van der Waals surface area contributed by atoms with Gasteiger partial charge in [0.25, 0.3) is 11.5 Å². The van der Waals surface area contributed by atoms with Gasteiger partial charge in [0, 0.05) is 11.1 Å². The fourth-order valence-corrected chi connectivity index (χ4v) is 5.02. The van der Waals surface area contributed by atoms with Crippen molar-refractivity contribution in [3.63, 3.8) is 0 Å². The van der Waals surface area contributed by atoms with Crippen LogP contribution in [0.15, 0.2) is 83.7 Å². The summed E-state index contributed by atoms with van der Waals surface area (Å²) in [6, 6.07) is 22.8. The molecule has 0 aliphatic carbocycles. The lowest BCUT2D eigenvalue weighted by Crippen LogP contribution is -2.32. The van der Waals surface area contributed by atoms with Crippen LogP contribution in [0.2, 0.25) is 0 Å². The van der Waals surface area contributed by atoms with Crippen molar-refractivity contribution < 1.29 is 9.18 Å². The molecule has 1 aliphatic rings. The van der Waals surface area contributed by atoms with Gasteiger partial charge in [0.05, 0.1) is 17.8 Å². The standard InChI is InChI=1S/C25H15FN4O2S/c26-17-12-10-15(11-13-17)14-29-19-9-5-4-8-18(19)20(23(29)31)21-24(32)30-25(33-21)27-22(28-30)16-6-2-1-3-7-16/h1-13H,14H2/b21-20-. The van der Waals surface area contributed by atoms with E-state index in [4.69, 9.17) is 0 Å². The van der Waals surface area contributed by atoms with Crippen LogP contribution in [0.5, 0.6) is 0 Å². The zero-order valence-electron chi connectivity index (χ0n) is 17.1. The number of fused-ring (bicyclic) bond motifs is 2. The molecule has 0 fully saturated rings. The number of aromatic nitrogens is 3. The summed E-state index contributed by atoms with van der Waals surface area (Å²) in [7, 11) is 0. The molecule has 0 N–H and O–H groups in total. The molecular formula is C25H15FN4O2S. The molecule has 33 heavy (non-hydrogen) atoms. The maximum atomic E-state index is 13.5. The van der Waals surface area contributed by atoms with E-state index in [2.05, 4.69) is 10.1 Å². The van der Waals surface area contributed by atoms with E-state index in [0.717, 1.165) is 22.5 Å². The van der Waals surface area contributed by atoms with E-state index < -0.39 is 0 Å². The number of nitrogens with zero attached hydrogens (tertiary/aromatic N) is 4. The minimum Gasteiger partial charge on any atom is -0.303 e. The van der Waals surface area contributed by atoms with Crippen molar-refractivity contribution in [2.45, 2.75) is 6.54 Å². The summed E-state index contributed by atoms with van der Waals surface area (Å²) in [4.78, 5) is 33.3. The van der Waals surface area contributed by atoms with Crippen LogP contribution in [0, 0.1) is 5.82 Å². The van der Waals surface area contributed by atoms with Crippen LogP contribution in [0.1, 0.15) is 11.1 Å². The van der Waals surface area contributed by atoms with E-state index in [1.54, 1.807) is 17.0 Å². The molecule has 2 aromatic heterocycles. The molecule has 0 bridgehead atoms. The van der Waals surface area contributed by atoms with Crippen molar-refractivity contribution in [1.82, 2.24) is 14.6 Å². The lowest BCUT2D eigenvalue weighted by molar-refractivity contribution is -0.113. The molecule has 6 rings (SSSR count). The Labute approximate surface area is 190 Å². The number of hydrogen-bond acceptors (Lipinski definition) is 5. The third kappa shape index (κ3) is 3.15. The van der Waals surface area contributed by atoms with Crippen molar-refractivity contribution in [2.75, 3.05) is 4.90 Å². The zero-order chi connectivity index (χ0) is 22.5. The van der Waals surface area contributed by atoms with Crippen molar-refractivity contribution in [3.05, 3.63) is 111 Å². The highest BCUT2D eigenvalue weighted by atomic mass is 32.1. The van der Waals surface area contributed by atoms with E-state index >= 15 is 0 Å². The van der Waals surface area contributed by atoms with Gasteiger partial charge in [-0.05, 0) is 23.8 Å². The third-order valence-corrected chi connectivity index (χ3v) is 6.62. The molecule has 0 saturated heterocycles. The van der Waals surface area contributed by atoms with Crippen LogP contribution in [-0.4, -0.2) is 20.5 Å². The van der Waals surface area contributed by atoms with Crippen molar-refractivity contribution in [3.8, 4) is 11.4 Å². The van der Waals surface area contributed by atoms with Crippen LogP contribution >= 0.6 is 11.3 Å². The molecule has 8 heteroatoms. The van der Waals surface area contributed by atoms with Crippen LogP contribution in [-0.2, 0) is 11.3 Å². The van der Waals surface area contributed by atoms with E-state index in [1.807, 2.05) is 54.6 Å². The summed E-state index contributed by atoms with van der Waals surface area (Å²) in [6.07, 6.45) is 0. The Morgan fingerprint density at radius 2 is 1.61 bits per heavy atom. The molecule has 0 radical (unpaired) electrons. The van der Waals surface area contributed by atoms with Crippen LogP contribution in [0.3, 0.4) is 0 Å². The monoisotopic (exact) mass is 454 g/mol. The van der Waals surface area contributed by atoms with Gasteiger partial charge in [-0.25, -0.2) is 4.39 Å². The molecule has 3 aromatic carbocycles. The number of thiazole rings is 1. The Bertz CT molecular complexity index is 1640. The number of benzene rings is 3. The molecule has 5 aromatic rings. The molecule has 1 amide bonds. The van der Waals surface area contributed by atoms with Gasteiger partial charge in [-0.2, -0.15) is 9.50 Å². The van der Waals surface area contributed by atoms with E-state index in [9.17, 15) is 14.0 Å². The molecule has 1 aliphatic heterocycles. The minimum atomic E-state index is -0.369. The quantitative estimate of drug-likeness (QED) is 0.419. The molecular weight excluding hydrogens is 439 g/mol. The van der Waals surface area contributed by atoms with Gasteiger partial charge in [-0.3, -0.25) is 9.59 Å². The Hall–Kier alpha value is -4.17. The maximum absolute atomic E-state index is 13.5. The second kappa shape index (κ2) is 7.46. The molecule has 0 spiro atoms. The predicted molar refractivity (Wildman–Crippen MR) is 124 cm³/mol. The first-order chi connectivity index (χ1) is 16.1. The summed E-state index contributed by atoms with van der Waals surface area (Å²) in [6.45, 7) is 0.271. The number of amides is 1. The number of anilines is 1. The smallest absolute Gasteiger partial charge is 0.291 e. The zero-order valence-corrected chi connectivity index (χ0v) is 17.9. The first-order valence-corrected chi connectivity index (χ1v) is 11.1. The summed E-state index contributed by atoms with van der Waals surface area (Å²) < 4.78 is 14.9. The summed E-state index contributed by atoms with van der Waals surface area (Å²) in [5, 5.41) is 4.38. The topological polar surface area (TPSA) is 67.6 Å². The maximum Gasteiger partial charge on any atom is 0.291 e. The van der Waals surface area contributed by atoms with Gasteiger partial charge in [0.15, 0.2) is 5.82 Å². The number of para-hydroxylation sites is 1. The van der Waals surface area contributed by atoms with E-state index in [0.29, 0.717) is 32.1 Å². The number of halogens is 1. The molecule has 6 nitrogen and oxygen atoms in total. The third-order valence-electron chi connectivity index (χ3n) is 5.59. The highest BCUT2D eigenvalue weighted by Crippen LogP contribution is 2.36. The number of carbonyl (C=O) groups is 1. The first kappa shape index (κ1) is 19.5. The molecule has 0 atom stereocenters. The fraction of sp³-hybridized carbons (Fsp3) is 0.0400. The SMILES string of the molecule is O=C1/C(=c2\sc3nc(-c4ccccc4)nn3c2=O)c2ccccc2N1Cc1ccc(F)cc1. The highest BCUT2D eigenvalue weighted by molar-refractivity contribution is 7.15. The average molecular weight is 454 g/mol. The predicted octanol–water partition coefficient (Wildman–Crippen LogP) is 3.42. The van der Waals surface area contributed by atoms with Gasteiger partial charge >= 0.3 is 0 Å². The lowest BCUT2D eigenvalue weighted by atomic mass is 10.1. The average Bonchev–Trinajstić information content (AvgIpc) is 3.47. The van der Waals surface area contributed by atoms with E-state index in [-0.39, 0.29) is 23.8 Å². The van der Waals surface area contributed by atoms with Crippen molar-refractivity contribution >= 4 is 33.5 Å². The lowest BCUT2D eigenvalue weighted by Gasteiger charge is -2.17. The highest BCUT2D eigenvalue weighted by Gasteiger charge is 2.34. The Kier molecular flexibility index (Phi) is 4.41. The minimum absolute atomic E-state index is 0.271. The number of hydrogen-bond donors (Lipinski definition) is 0. The van der Waals surface area contributed by atoms with Gasteiger partial charge in [0.1, 0.15) is 10.3 Å². The van der Waals surface area contributed by atoms with Crippen LogP contribution in [0.4, 0.5) is 10.1 Å². The van der Waals surface area contributed by atoms with Crippen molar-refractivity contribution in [2.24, 2.45) is 0 Å². The molecule has 160 valence electrons. The Morgan fingerprint density at radius 3 is 2.36 bits per heavy atom. The number of rotatable bonds is 3. The largest absolute Gasteiger partial charge is 0.303 e. The Balaban J connectivity index is 1.49. The number of carbonyl (C=O) groups excluding carboxylic acids is 1. The Morgan fingerprint density at radius 1 is 0.879 bits per heavy atom. The summed E-state index contributed by atoms with van der Waals surface area (Å²) >= 11 is 1.16. The summed E-state index contributed by atoms with van der Waals surface area (Å²) in [5.41, 5.74) is 2.98. The van der Waals surface area contributed by atoms with Gasteiger partial charge < -0.3 is 4.90 Å². The second-order valence-electron chi connectivity index (χ2n) is 7.64. The second-order valence-corrected chi connectivity index (χ2v) is 8.62. The van der Waals surface area contributed by atoms with Crippen LogP contribution < -0.4 is 15.0 Å². The van der Waals surface area contributed by atoms with Gasteiger partial charge in [-0.1, -0.05) is 72.0 Å². The molecule has 0 unspecified atom stereocenters. The normalized spacial score (nSPS) is 14.8. The van der Waals surface area contributed by atoms with E-state index in [1.165, 1.54) is 16.6 Å². The fourth-order valence-electron chi connectivity index (χ4n) is 4.02. The van der Waals surface area contributed by atoms with Gasteiger partial charge in [0.2, 0.25) is 4.96 Å². The summed E-state index contributed by atoms with van der Waals surface area (Å²) in [5.74, 6) is -0.142. The molecule has 0 saturated carbocycles. The van der Waals surface area contributed by atoms with Gasteiger partial charge in [-0.15, -0.1) is 5.10 Å². The molecule has 3 heterocycles. The first-order valence-electron chi connectivity index (χ1n) is 10.2.